The molecule has 0 aliphatic rings. The number of unbranched alkanes of at least 4 members (excludes halogenated alkanes) is 2. The highest BCUT2D eigenvalue weighted by Gasteiger charge is 2.11. The van der Waals surface area contributed by atoms with E-state index >= 15 is 0 Å². The van der Waals surface area contributed by atoms with E-state index in [1.165, 1.54) is 0 Å². The topological polar surface area (TPSA) is 88.1 Å². The van der Waals surface area contributed by atoms with Gasteiger partial charge in [0, 0.05) is 12.2 Å². The fourth-order valence-corrected chi connectivity index (χ4v) is 2.28. The first kappa shape index (κ1) is 25.7. The molecule has 2 unspecified atom stereocenters. The quantitative estimate of drug-likeness (QED) is 0.166. The summed E-state index contributed by atoms with van der Waals surface area (Å²) in [5, 5.41) is 0. The molecule has 28 heavy (non-hydrogen) atoms. The monoisotopic (exact) mass is 398 g/mol. The molecule has 0 fully saturated rings. The highest BCUT2D eigenvalue weighted by atomic mass is 16.7. The molecule has 0 heterocycles. The fraction of sp³-hybridized carbons (Fsp3) is 0.667. The van der Waals surface area contributed by atoms with Crippen LogP contribution in [0.4, 0.5) is 4.79 Å². The van der Waals surface area contributed by atoms with Gasteiger partial charge in [0.05, 0.1) is 26.4 Å². The zero-order chi connectivity index (χ0) is 21.2. The Hall–Kier alpha value is -2.31. The van der Waals surface area contributed by atoms with Gasteiger partial charge in [-0.3, -0.25) is 0 Å². The Morgan fingerprint density at radius 2 is 1.11 bits per heavy atom. The van der Waals surface area contributed by atoms with E-state index in [0.717, 1.165) is 50.7 Å². The Labute approximate surface area is 168 Å². The molecule has 0 radical (unpaired) electrons. The van der Waals surface area contributed by atoms with Gasteiger partial charge in [0.25, 0.3) is 0 Å². The predicted octanol–water partition coefficient (Wildman–Crippen LogP) is 4.21. The zero-order valence-corrected chi connectivity index (χ0v) is 17.2. The lowest BCUT2D eigenvalue weighted by Gasteiger charge is -2.14. The molecule has 0 rings (SSSR count). The van der Waals surface area contributed by atoms with Crippen LogP contribution in [0, 0.1) is 11.8 Å². The number of esters is 2. The maximum absolute atomic E-state index is 11.6. The van der Waals surface area contributed by atoms with E-state index in [1.807, 2.05) is 13.8 Å². The highest BCUT2D eigenvalue weighted by Crippen LogP contribution is 2.11. The third kappa shape index (κ3) is 15.9. The first-order valence-electron chi connectivity index (χ1n) is 9.77. The highest BCUT2D eigenvalue weighted by molar-refractivity contribution is 5.81. The van der Waals surface area contributed by atoms with Crippen LogP contribution in [0.1, 0.15) is 52.4 Å². The average Bonchev–Trinajstić information content (AvgIpc) is 2.69. The van der Waals surface area contributed by atoms with Crippen molar-refractivity contribution < 1.29 is 33.3 Å². The third-order valence-corrected chi connectivity index (χ3v) is 3.98. The number of carbonyl (C=O) groups is 3. The Morgan fingerprint density at radius 3 is 1.46 bits per heavy atom. The van der Waals surface area contributed by atoms with Gasteiger partial charge in [0.1, 0.15) is 0 Å². The third-order valence-electron chi connectivity index (χ3n) is 3.98. The van der Waals surface area contributed by atoms with Crippen molar-refractivity contribution >= 4 is 18.1 Å². The molecule has 160 valence electrons. The molecule has 0 spiro atoms. The van der Waals surface area contributed by atoms with Crippen LogP contribution in [0.5, 0.6) is 0 Å². The number of carbonyl (C=O) groups excluding carboxylic acids is 3. The van der Waals surface area contributed by atoms with Crippen molar-refractivity contribution in [3.63, 3.8) is 0 Å². The Bertz CT molecular complexity index is 445. The molecule has 7 heteroatoms. The molecule has 0 aliphatic heterocycles. The van der Waals surface area contributed by atoms with Crippen LogP contribution in [0.15, 0.2) is 25.3 Å². The Kier molecular flexibility index (Phi) is 15.4. The predicted molar refractivity (Wildman–Crippen MR) is 106 cm³/mol. The fourth-order valence-electron chi connectivity index (χ4n) is 2.28. The normalized spacial score (nSPS) is 12.4. The summed E-state index contributed by atoms with van der Waals surface area (Å²) in [5.74, 6) is -0.411. The van der Waals surface area contributed by atoms with Gasteiger partial charge in [-0.2, -0.15) is 0 Å². The summed E-state index contributed by atoms with van der Waals surface area (Å²) in [5.41, 5.74) is 0. The summed E-state index contributed by atoms with van der Waals surface area (Å²) < 4.78 is 20.0. The number of ether oxygens (including phenoxy) is 4. The van der Waals surface area contributed by atoms with Gasteiger partial charge in [-0.1, -0.05) is 27.0 Å². The summed E-state index contributed by atoms with van der Waals surface area (Å²) in [6.45, 7) is 12.0. The largest absolute Gasteiger partial charge is 0.508 e. The van der Waals surface area contributed by atoms with E-state index in [1.54, 1.807) is 0 Å². The summed E-state index contributed by atoms with van der Waals surface area (Å²) in [4.78, 5) is 33.4. The van der Waals surface area contributed by atoms with E-state index in [-0.39, 0.29) is 11.8 Å². The molecule has 7 nitrogen and oxygen atoms in total. The molecule has 0 saturated carbocycles. The molecular formula is C21H34O7. The van der Waals surface area contributed by atoms with Gasteiger partial charge < -0.3 is 18.9 Å². The van der Waals surface area contributed by atoms with Crippen LogP contribution in [0.25, 0.3) is 0 Å². The van der Waals surface area contributed by atoms with Crippen LogP contribution in [-0.2, 0) is 28.5 Å². The minimum atomic E-state index is -0.654. The summed E-state index contributed by atoms with van der Waals surface area (Å²) in [7, 11) is 0. The van der Waals surface area contributed by atoms with Gasteiger partial charge in [0.15, 0.2) is 0 Å². The average molecular weight is 398 g/mol. The summed E-state index contributed by atoms with van der Waals surface area (Å²) in [6.07, 6.45) is 6.65. The molecule has 0 saturated heterocycles. The lowest BCUT2D eigenvalue weighted by Crippen LogP contribution is -2.16. The lowest BCUT2D eigenvalue weighted by molar-refractivity contribution is -0.138. The smallest absolute Gasteiger partial charge is 0.463 e. The molecule has 0 aromatic rings. The molecule has 0 aliphatic carbocycles. The minimum absolute atomic E-state index is 0.207. The van der Waals surface area contributed by atoms with Crippen LogP contribution >= 0.6 is 0 Å². The maximum Gasteiger partial charge on any atom is 0.508 e. The summed E-state index contributed by atoms with van der Waals surface area (Å²) >= 11 is 0. The first-order chi connectivity index (χ1) is 13.4. The van der Waals surface area contributed by atoms with E-state index < -0.39 is 18.1 Å². The van der Waals surface area contributed by atoms with Gasteiger partial charge in [-0.05, 0) is 50.4 Å². The van der Waals surface area contributed by atoms with E-state index in [0.29, 0.717) is 26.4 Å². The van der Waals surface area contributed by atoms with Crippen molar-refractivity contribution in [2.75, 3.05) is 26.4 Å². The molecule has 0 aromatic heterocycles. The molecule has 0 N–H and O–H groups in total. The van der Waals surface area contributed by atoms with Crippen LogP contribution in [0.2, 0.25) is 0 Å². The van der Waals surface area contributed by atoms with Gasteiger partial charge in [-0.15, -0.1) is 0 Å². The van der Waals surface area contributed by atoms with Gasteiger partial charge in [0.2, 0.25) is 0 Å². The molecule has 0 aromatic carbocycles. The van der Waals surface area contributed by atoms with Crippen molar-refractivity contribution in [1.29, 1.82) is 0 Å². The maximum atomic E-state index is 11.6. The number of hydrogen-bond acceptors (Lipinski definition) is 7. The van der Waals surface area contributed by atoms with E-state index in [9.17, 15) is 14.4 Å². The first-order valence-corrected chi connectivity index (χ1v) is 9.77. The van der Waals surface area contributed by atoms with Crippen molar-refractivity contribution in [2.24, 2.45) is 11.8 Å². The number of rotatable bonds is 16. The second-order valence-corrected chi connectivity index (χ2v) is 6.82. The second-order valence-electron chi connectivity index (χ2n) is 6.82. The minimum Gasteiger partial charge on any atom is -0.463 e. The summed E-state index contributed by atoms with van der Waals surface area (Å²) in [6, 6.07) is 0. The second kappa shape index (κ2) is 16.8. The van der Waals surface area contributed by atoms with Crippen molar-refractivity contribution in [3.05, 3.63) is 25.3 Å². The van der Waals surface area contributed by atoms with E-state index in [4.69, 9.17) is 18.9 Å². The Morgan fingerprint density at radius 1 is 0.714 bits per heavy atom. The standard InChI is InChI=1S/C21H34O7/c1-5-19(22)25-13-9-7-11-17(3)15-27-21(24)28-16-18(4)12-8-10-14-26-20(23)6-2/h5-6,17-18H,1-2,7-16H2,3-4H3. The SMILES string of the molecule is C=CC(=O)OCCCCC(C)COC(=O)OCC(C)CCCCOC(=O)C=C. The van der Waals surface area contributed by atoms with Crippen molar-refractivity contribution in [1.82, 2.24) is 0 Å². The zero-order valence-electron chi connectivity index (χ0n) is 17.2. The van der Waals surface area contributed by atoms with Gasteiger partial charge in [-0.25, -0.2) is 14.4 Å². The number of hydrogen-bond donors (Lipinski definition) is 0. The van der Waals surface area contributed by atoms with Crippen LogP contribution in [-0.4, -0.2) is 44.5 Å². The molecule has 2 atom stereocenters. The molecular weight excluding hydrogens is 364 g/mol. The molecule has 0 bridgehead atoms. The van der Waals surface area contributed by atoms with Crippen LogP contribution < -0.4 is 0 Å². The lowest BCUT2D eigenvalue weighted by atomic mass is 10.1. The Balaban J connectivity index is 3.61. The molecule has 0 amide bonds. The van der Waals surface area contributed by atoms with E-state index in [2.05, 4.69) is 13.2 Å². The van der Waals surface area contributed by atoms with Crippen LogP contribution in [0.3, 0.4) is 0 Å². The van der Waals surface area contributed by atoms with Gasteiger partial charge >= 0.3 is 18.1 Å². The van der Waals surface area contributed by atoms with Crippen molar-refractivity contribution in [2.45, 2.75) is 52.4 Å². The van der Waals surface area contributed by atoms with Crippen molar-refractivity contribution in [3.8, 4) is 0 Å².